The molecular weight excluding hydrogens is 140 g/mol. The molecule has 0 spiro atoms. The van der Waals surface area contributed by atoms with Crippen LogP contribution in [0.4, 0.5) is 0 Å². The van der Waals surface area contributed by atoms with Crippen molar-refractivity contribution in [3.8, 4) is 0 Å². The van der Waals surface area contributed by atoms with Gasteiger partial charge in [-0.15, -0.1) is 0 Å². The van der Waals surface area contributed by atoms with Gasteiger partial charge in [-0.25, -0.2) is 0 Å². The summed E-state index contributed by atoms with van der Waals surface area (Å²) in [4.78, 5) is 20.0. The highest BCUT2D eigenvalue weighted by Crippen LogP contribution is 2.06. The second-order valence-electron chi connectivity index (χ2n) is 2.64. The molecule has 0 aliphatic heterocycles. The second-order valence-corrected chi connectivity index (χ2v) is 2.64. The van der Waals surface area contributed by atoms with Gasteiger partial charge in [-0.2, -0.15) is 0 Å². The van der Waals surface area contributed by atoms with Gasteiger partial charge in [-0.3, -0.25) is 9.59 Å². The Balaban J connectivity index is 3.21. The molecule has 0 N–H and O–H groups in total. The first-order valence-corrected chi connectivity index (χ1v) is 4.10. The van der Waals surface area contributed by atoms with Gasteiger partial charge in [-0.05, 0) is 6.42 Å². The number of rotatable bonds is 7. The van der Waals surface area contributed by atoms with E-state index in [4.69, 9.17) is 0 Å². The molecule has 0 saturated carbocycles. The predicted molar refractivity (Wildman–Crippen MR) is 43.6 cm³/mol. The fraction of sp³-hybridized carbons (Fsp3) is 0.778. The Labute approximate surface area is 68.0 Å². The van der Waals surface area contributed by atoms with Crippen LogP contribution in [0.3, 0.4) is 0 Å². The Morgan fingerprint density at radius 3 is 2.18 bits per heavy atom. The first-order chi connectivity index (χ1) is 5.35. The number of carbonyl (C=O) groups excluding carboxylic acids is 2. The summed E-state index contributed by atoms with van der Waals surface area (Å²) in [5, 5.41) is 0. The van der Waals surface area contributed by atoms with Crippen LogP contribution in [-0.4, -0.2) is 12.6 Å². The van der Waals surface area contributed by atoms with Gasteiger partial charge < -0.3 is 0 Å². The summed E-state index contributed by atoms with van der Waals surface area (Å²) < 4.78 is 0. The SMILES string of the molecule is CCCCCCC([C]=O)[C]=O. The summed E-state index contributed by atoms with van der Waals surface area (Å²) in [7, 11) is 0. The maximum atomic E-state index is 10.0. The van der Waals surface area contributed by atoms with Crippen molar-refractivity contribution in [2.75, 3.05) is 0 Å². The summed E-state index contributed by atoms with van der Waals surface area (Å²) in [6, 6.07) is 0. The molecule has 0 aromatic carbocycles. The number of hydrogen-bond donors (Lipinski definition) is 0. The molecule has 0 amide bonds. The lowest BCUT2D eigenvalue weighted by Gasteiger charge is -1.98. The first-order valence-electron chi connectivity index (χ1n) is 4.10. The summed E-state index contributed by atoms with van der Waals surface area (Å²) in [6.45, 7) is 2.12. The van der Waals surface area contributed by atoms with Crippen LogP contribution in [-0.2, 0) is 9.59 Å². The molecule has 0 aromatic heterocycles. The molecular formula is C9H14O2. The predicted octanol–water partition coefficient (Wildman–Crippen LogP) is 1.79. The van der Waals surface area contributed by atoms with Crippen LogP contribution in [0.15, 0.2) is 0 Å². The molecule has 62 valence electrons. The van der Waals surface area contributed by atoms with E-state index in [9.17, 15) is 9.59 Å². The lowest BCUT2D eigenvalue weighted by molar-refractivity contribution is 0.500. The van der Waals surface area contributed by atoms with E-state index in [1.165, 1.54) is 12.8 Å². The van der Waals surface area contributed by atoms with Crippen molar-refractivity contribution in [1.82, 2.24) is 0 Å². The van der Waals surface area contributed by atoms with Crippen LogP contribution >= 0.6 is 0 Å². The van der Waals surface area contributed by atoms with Crippen molar-refractivity contribution in [1.29, 1.82) is 0 Å². The van der Waals surface area contributed by atoms with Crippen LogP contribution < -0.4 is 0 Å². The standard InChI is InChI=1S/C9H14O2/c1-2-3-4-5-6-9(7-10)8-11/h9H,2-6H2,1H3. The van der Waals surface area contributed by atoms with Gasteiger partial charge in [0, 0.05) is 0 Å². The van der Waals surface area contributed by atoms with Gasteiger partial charge in [0.2, 0.25) is 12.6 Å². The minimum atomic E-state index is -0.605. The number of hydrogen-bond acceptors (Lipinski definition) is 2. The Morgan fingerprint density at radius 1 is 1.09 bits per heavy atom. The van der Waals surface area contributed by atoms with Crippen LogP contribution in [0.1, 0.15) is 39.0 Å². The van der Waals surface area contributed by atoms with E-state index in [1.54, 1.807) is 12.6 Å². The smallest absolute Gasteiger partial charge is 0.210 e. The third kappa shape index (κ3) is 5.77. The number of unbranched alkanes of at least 4 members (excludes halogenated alkanes) is 3. The van der Waals surface area contributed by atoms with E-state index in [2.05, 4.69) is 6.92 Å². The summed E-state index contributed by atoms with van der Waals surface area (Å²) in [5.74, 6) is -0.605. The van der Waals surface area contributed by atoms with Gasteiger partial charge in [-0.1, -0.05) is 32.6 Å². The minimum Gasteiger partial charge on any atom is -0.290 e. The van der Waals surface area contributed by atoms with Crippen molar-refractivity contribution < 1.29 is 9.59 Å². The molecule has 2 heteroatoms. The quantitative estimate of drug-likeness (QED) is 0.414. The Morgan fingerprint density at radius 2 is 1.73 bits per heavy atom. The highest BCUT2D eigenvalue weighted by Gasteiger charge is 2.05. The van der Waals surface area contributed by atoms with E-state index in [0.29, 0.717) is 6.42 Å². The Hall–Kier alpha value is -0.660. The molecule has 0 unspecified atom stereocenters. The van der Waals surface area contributed by atoms with Crippen LogP contribution in [0, 0.1) is 5.92 Å². The van der Waals surface area contributed by atoms with E-state index in [1.807, 2.05) is 0 Å². The molecule has 0 saturated heterocycles. The molecule has 2 nitrogen and oxygen atoms in total. The van der Waals surface area contributed by atoms with E-state index in [0.717, 1.165) is 12.8 Å². The van der Waals surface area contributed by atoms with Crippen molar-refractivity contribution in [3.63, 3.8) is 0 Å². The van der Waals surface area contributed by atoms with Crippen LogP contribution in [0.5, 0.6) is 0 Å². The zero-order valence-electron chi connectivity index (χ0n) is 6.93. The van der Waals surface area contributed by atoms with Crippen LogP contribution in [0.25, 0.3) is 0 Å². The molecule has 0 aliphatic carbocycles. The largest absolute Gasteiger partial charge is 0.290 e. The maximum absolute atomic E-state index is 10.0. The molecule has 0 aliphatic rings. The van der Waals surface area contributed by atoms with E-state index >= 15 is 0 Å². The minimum absolute atomic E-state index is 0.605. The van der Waals surface area contributed by atoms with Gasteiger partial charge in [0.15, 0.2) is 0 Å². The lowest BCUT2D eigenvalue weighted by atomic mass is 10.0. The van der Waals surface area contributed by atoms with Gasteiger partial charge >= 0.3 is 0 Å². The molecule has 0 aromatic rings. The molecule has 0 atom stereocenters. The van der Waals surface area contributed by atoms with Crippen molar-refractivity contribution in [2.24, 2.45) is 5.92 Å². The van der Waals surface area contributed by atoms with Gasteiger partial charge in [0.25, 0.3) is 0 Å². The summed E-state index contributed by atoms with van der Waals surface area (Å²) in [6.07, 6.45) is 8.29. The van der Waals surface area contributed by atoms with Gasteiger partial charge in [0.05, 0.1) is 5.92 Å². The van der Waals surface area contributed by atoms with Crippen molar-refractivity contribution >= 4 is 12.6 Å². The summed E-state index contributed by atoms with van der Waals surface area (Å²) in [5.41, 5.74) is 0. The zero-order chi connectivity index (χ0) is 8.53. The molecule has 2 radical (unpaired) electrons. The second kappa shape index (κ2) is 7.45. The third-order valence-corrected chi connectivity index (χ3v) is 1.63. The maximum Gasteiger partial charge on any atom is 0.210 e. The van der Waals surface area contributed by atoms with Crippen molar-refractivity contribution in [2.45, 2.75) is 39.0 Å². The van der Waals surface area contributed by atoms with E-state index in [-0.39, 0.29) is 0 Å². The van der Waals surface area contributed by atoms with E-state index < -0.39 is 5.92 Å². The molecule has 0 heterocycles. The average molecular weight is 154 g/mol. The molecule has 0 bridgehead atoms. The normalized spacial score (nSPS) is 10.0. The first kappa shape index (κ1) is 10.3. The van der Waals surface area contributed by atoms with Gasteiger partial charge in [0.1, 0.15) is 0 Å². The molecule has 0 fully saturated rings. The molecule has 11 heavy (non-hydrogen) atoms. The zero-order valence-corrected chi connectivity index (χ0v) is 6.93. The third-order valence-electron chi connectivity index (χ3n) is 1.63. The monoisotopic (exact) mass is 154 g/mol. The fourth-order valence-electron chi connectivity index (χ4n) is 0.917. The topological polar surface area (TPSA) is 34.1 Å². The Kier molecular flexibility index (Phi) is 7.00. The van der Waals surface area contributed by atoms with Crippen LogP contribution in [0.2, 0.25) is 0 Å². The fourth-order valence-corrected chi connectivity index (χ4v) is 0.917. The summed E-state index contributed by atoms with van der Waals surface area (Å²) >= 11 is 0. The lowest BCUT2D eigenvalue weighted by Crippen LogP contribution is -2.02. The average Bonchev–Trinajstić information content (AvgIpc) is 2.05. The highest BCUT2D eigenvalue weighted by atomic mass is 16.1. The molecule has 0 rings (SSSR count). The Bertz CT molecular complexity index is 102. The van der Waals surface area contributed by atoms with Crippen molar-refractivity contribution in [3.05, 3.63) is 0 Å². The highest BCUT2D eigenvalue weighted by molar-refractivity contribution is 5.77.